The number of aromatic nitrogens is 2. The molecule has 0 fully saturated rings. The van der Waals surface area contributed by atoms with Gasteiger partial charge in [-0.3, -0.25) is 9.89 Å². The van der Waals surface area contributed by atoms with Crippen LogP contribution < -0.4 is 5.56 Å². The third-order valence-corrected chi connectivity index (χ3v) is 4.10. The molecule has 0 radical (unpaired) electrons. The fourth-order valence-corrected chi connectivity index (χ4v) is 2.88. The molecule has 1 aromatic heterocycles. The summed E-state index contributed by atoms with van der Waals surface area (Å²) in [4.78, 5) is 12.9. The third kappa shape index (κ3) is 2.87. The maximum absolute atomic E-state index is 12.9. The minimum absolute atomic E-state index is 0.0281. The van der Waals surface area contributed by atoms with E-state index in [4.69, 9.17) is 0 Å². The zero-order chi connectivity index (χ0) is 16.6. The lowest BCUT2D eigenvalue weighted by atomic mass is 9.98. The Morgan fingerprint density at radius 3 is 2.26 bits per heavy atom. The molecular weight excluding hydrogens is 284 g/mol. The molecule has 3 rings (SSSR count). The molecule has 0 atom stereocenters. The average molecular weight is 306 g/mol. The van der Waals surface area contributed by atoms with E-state index in [-0.39, 0.29) is 11.5 Å². The number of nitrogens with one attached hydrogen (secondary N) is 1. The number of hydrogen-bond acceptors (Lipinski definition) is 1. The number of benzene rings is 2. The summed E-state index contributed by atoms with van der Waals surface area (Å²) in [5, 5.41) is 3.31. The predicted molar refractivity (Wildman–Crippen MR) is 95.4 cm³/mol. The number of nitrogens with zero attached hydrogens (tertiary/aromatic N) is 1. The molecule has 0 aliphatic rings. The monoisotopic (exact) mass is 306 g/mol. The third-order valence-electron chi connectivity index (χ3n) is 4.10. The molecule has 118 valence electrons. The van der Waals surface area contributed by atoms with E-state index >= 15 is 0 Å². The largest absolute Gasteiger partial charge is 0.290 e. The Bertz CT molecular complexity index is 883. The van der Waals surface area contributed by atoms with Crippen LogP contribution >= 0.6 is 0 Å². The number of hydrogen-bond donors (Lipinski definition) is 1. The summed E-state index contributed by atoms with van der Waals surface area (Å²) in [5.41, 5.74) is 6.04. The second-order valence-electron chi connectivity index (χ2n) is 6.40. The fraction of sp³-hybridized carbons (Fsp3) is 0.250. The molecule has 0 aliphatic heterocycles. The van der Waals surface area contributed by atoms with E-state index in [1.165, 1.54) is 11.1 Å². The van der Waals surface area contributed by atoms with Crippen molar-refractivity contribution in [3.63, 3.8) is 0 Å². The molecule has 1 N–H and O–H groups in total. The summed E-state index contributed by atoms with van der Waals surface area (Å²) in [5.74, 6) is 0.154. The first-order valence-corrected chi connectivity index (χ1v) is 7.96. The number of aromatic amines is 1. The van der Waals surface area contributed by atoms with Crippen LogP contribution in [0.1, 0.15) is 36.5 Å². The van der Waals surface area contributed by atoms with E-state index in [9.17, 15) is 4.79 Å². The number of aryl methyl sites for hydroxylation is 2. The van der Waals surface area contributed by atoms with Gasteiger partial charge >= 0.3 is 0 Å². The van der Waals surface area contributed by atoms with E-state index in [0.717, 1.165) is 22.5 Å². The minimum Gasteiger partial charge on any atom is -0.290 e. The van der Waals surface area contributed by atoms with Gasteiger partial charge in [-0.05, 0) is 38.0 Å². The van der Waals surface area contributed by atoms with Gasteiger partial charge in [-0.15, -0.1) is 0 Å². The van der Waals surface area contributed by atoms with Crippen LogP contribution in [0.25, 0.3) is 16.9 Å². The topological polar surface area (TPSA) is 37.8 Å². The summed E-state index contributed by atoms with van der Waals surface area (Å²) in [7, 11) is 0. The first-order chi connectivity index (χ1) is 11.0. The highest BCUT2D eigenvalue weighted by Gasteiger charge is 2.19. The normalized spacial score (nSPS) is 11.2. The summed E-state index contributed by atoms with van der Waals surface area (Å²) in [6.07, 6.45) is 0. The second kappa shape index (κ2) is 5.92. The molecule has 0 spiro atoms. The van der Waals surface area contributed by atoms with Gasteiger partial charge in [0, 0.05) is 11.1 Å². The van der Waals surface area contributed by atoms with E-state index in [1.54, 1.807) is 4.68 Å². The zero-order valence-corrected chi connectivity index (χ0v) is 14.1. The summed E-state index contributed by atoms with van der Waals surface area (Å²) >= 11 is 0. The van der Waals surface area contributed by atoms with E-state index in [2.05, 4.69) is 38.0 Å². The molecule has 0 saturated heterocycles. The van der Waals surface area contributed by atoms with Gasteiger partial charge in [0.15, 0.2) is 0 Å². The van der Waals surface area contributed by atoms with Gasteiger partial charge < -0.3 is 0 Å². The molecule has 3 nitrogen and oxygen atoms in total. The maximum Gasteiger partial charge on any atom is 0.275 e. The molecule has 1 heterocycles. The van der Waals surface area contributed by atoms with Crippen LogP contribution in [0, 0.1) is 13.8 Å². The highest BCUT2D eigenvalue weighted by Crippen LogP contribution is 2.26. The highest BCUT2D eigenvalue weighted by atomic mass is 16.1. The first kappa shape index (κ1) is 15.3. The lowest BCUT2D eigenvalue weighted by Gasteiger charge is -2.06. The standard InChI is InChI=1S/C20H22N2O/c1-13(2)18-19(16-7-5-6-15(4)12-16)21-22(20(18)23)17-10-8-14(3)9-11-17/h5-13,21H,1-4H3. The molecule has 0 unspecified atom stereocenters. The van der Waals surface area contributed by atoms with Crippen LogP contribution in [-0.4, -0.2) is 9.78 Å². The van der Waals surface area contributed by atoms with Gasteiger partial charge in [0.2, 0.25) is 0 Å². The van der Waals surface area contributed by atoms with Crippen molar-refractivity contribution in [2.75, 3.05) is 0 Å². The van der Waals surface area contributed by atoms with Gasteiger partial charge in [0.25, 0.3) is 5.56 Å². The van der Waals surface area contributed by atoms with Crippen LogP contribution in [0.15, 0.2) is 53.3 Å². The van der Waals surface area contributed by atoms with Gasteiger partial charge in [-0.25, -0.2) is 4.68 Å². The Kier molecular flexibility index (Phi) is 3.95. The molecular formula is C20H22N2O. The Hall–Kier alpha value is -2.55. The van der Waals surface area contributed by atoms with Crippen molar-refractivity contribution in [2.45, 2.75) is 33.6 Å². The highest BCUT2D eigenvalue weighted by molar-refractivity contribution is 5.64. The van der Waals surface area contributed by atoms with Crippen LogP contribution in [0.2, 0.25) is 0 Å². The summed E-state index contributed by atoms with van der Waals surface area (Å²) < 4.78 is 1.65. The zero-order valence-electron chi connectivity index (χ0n) is 14.1. The van der Waals surface area contributed by atoms with Gasteiger partial charge in [-0.1, -0.05) is 55.3 Å². The predicted octanol–water partition coefficient (Wildman–Crippen LogP) is 4.57. The molecule has 0 amide bonds. The fourth-order valence-electron chi connectivity index (χ4n) is 2.88. The van der Waals surface area contributed by atoms with Crippen molar-refractivity contribution >= 4 is 0 Å². The molecule has 0 aliphatic carbocycles. The van der Waals surface area contributed by atoms with Crippen molar-refractivity contribution in [1.82, 2.24) is 9.78 Å². The number of H-pyrrole nitrogens is 1. The maximum atomic E-state index is 12.9. The molecule has 3 aromatic rings. The van der Waals surface area contributed by atoms with Gasteiger partial charge in [-0.2, -0.15) is 0 Å². The van der Waals surface area contributed by atoms with Gasteiger partial charge in [0.05, 0.1) is 11.4 Å². The van der Waals surface area contributed by atoms with Crippen molar-refractivity contribution in [2.24, 2.45) is 0 Å². The van der Waals surface area contributed by atoms with Crippen LogP contribution in [0.3, 0.4) is 0 Å². The smallest absolute Gasteiger partial charge is 0.275 e. The average Bonchev–Trinajstić information content (AvgIpc) is 2.86. The summed E-state index contributed by atoms with van der Waals surface area (Å²) in [6.45, 7) is 8.22. The lowest BCUT2D eigenvalue weighted by Crippen LogP contribution is -2.17. The van der Waals surface area contributed by atoms with E-state index in [1.807, 2.05) is 43.3 Å². The van der Waals surface area contributed by atoms with E-state index in [0.29, 0.717) is 0 Å². The second-order valence-corrected chi connectivity index (χ2v) is 6.40. The van der Waals surface area contributed by atoms with Crippen molar-refractivity contribution in [1.29, 1.82) is 0 Å². The van der Waals surface area contributed by atoms with Crippen LogP contribution in [0.5, 0.6) is 0 Å². The molecule has 0 bridgehead atoms. The molecule has 2 aromatic carbocycles. The Labute approximate surface area is 136 Å². The summed E-state index contributed by atoms with van der Waals surface area (Å²) in [6, 6.07) is 16.2. The van der Waals surface area contributed by atoms with Gasteiger partial charge in [0.1, 0.15) is 0 Å². The quantitative estimate of drug-likeness (QED) is 0.756. The Morgan fingerprint density at radius 2 is 1.65 bits per heavy atom. The Morgan fingerprint density at radius 1 is 0.957 bits per heavy atom. The Balaban J connectivity index is 2.23. The SMILES string of the molecule is Cc1ccc(-n2[nH]c(-c3cccc(C)c3)c(C(C)C)c2=O)cc1. The molecule has 0 saturated carbocycles. The van der Waals surface area contributed by atoms with Crippen LogP contribution in [-0.2, 0) is 0 Å². The van der Waals surface area contributed by atoms with Crippen molar-refractivity contribution in [3.8, 4) is 16.9 Å². The van der Waals surface area contributed by atoms with Crippen molar-refractivity contribution in [3.05, 3.63) is 75.6 Å². The van der Waals surface area contributed by atoms with Crippen LogP contribution in [0.4, 0.5) is 0 Å². The minimum atomic E-state index is 0.0281. The van der Waals surface area contributed by atoms with Crippen molar-refractivity contribution < 1.29 is 0 Å². The molecule has 23 heavy (non-hydrogen) atoms. The first-order valence-electron chi connectivity index (χ1n) is 7.96. The molecule has 3 heteroatoms. The van der Waals surface area contributed by atoms with E-state index < -0.39 is 0 Å². The number of rotatable bonds is 3. The lowest BCUT2D eigenvalue weighted by molar-refractivity contribution is 0.825.